The van der Waals surface area contributed by atoms with Gasteiger partial charge in [0.25, 0.3) is 0 Å². The molecular weight excluding hydrogens is 236 g/mol. The summed E-state index contributed by atoms with van der Waals surface area (Å²) < 4.78 is 0. The number of hydrogen-bond acceptors (Lipinski definition) is 2. The molecule has 0 saturated carbocycles. The summed E-state index contributed by atoms with van der Waals surface area (Å²) in [7, 11) is 0. The van der Waals surface area contributed by atoms with Gasteiger partial charge in [-0.05, 0) is 30.7 Å². The van der Waals surface area contributed by atoms with E-state index in [2.05, 4.69) is 26.0 Å². The van der Waals surface area contributed by atoms with E-state index in [1.54, 1.807) is 0 Å². The largest absolute Gasteiger partial charge is 0.334 e. The van der Waals surface area contributed by atoms with Crippen LogP contribution in [0.4, 0.5) is 0 Å². The van der Waals surface area contributed by atoms with Crippen molar-refractivity contribution in [3.63, 3.8) is 0 Å². The molecule has 3 nitrogen and oxygen atoms in total. The Kier molecular flexibility index (Phi) is 4.59. The van der Waals surface area contributed by atoms with E-state index in [1.165, 1.54) is 5.56 Å². The van der Waals surface area contributed by atoms with E-state index in [9.17, 15) is 4.79 Å². The number of likely N-dealkylation sites (tertiary alicyclic amines) is 1. The molecule has 0 bridgehead atoms. The Morgan fingerprint density at radius 2 is 2.05 bits per heavy atom. The average Bonchev–Trinajstić information content (AvgIpc) is 2.87. The van der Waals surface area contributed by atoms with Gasteiger partial charge in [0.2, 0.25) is 5.91 Å². The van der Waals surface area contributed by atoms with E-state index >= 15 is 0 Å². The maximum absolute atomic E-state index is 12.5. The van der Waals surface area contributed by atoms with E-state index in [0.717, 1.165) is 25.8 Å². The fourth-order valence-corrected chi connectivity index (χ4v) is 2.87. The highest BCUT2D eigenvalue weighted by molar-refractivity contribution is 5.82. The second-order valence-electron chi connectivity index (χ2n) is 5.84. The first-order valence-corrected chi connectivity index (χ1v) is 7.20. The molecule has 0 spiro atoms. The molecule has 2 rings (SSSR count). The van der Waals surface area contributed by atoms with Crippen molar-refractivity contribution in [2.24, 2.45) is 11.7 Å². The minimum Gasteiger partial charge on any atom is -0.334 e. The quantitative estimate of drug-likeness (QED) is 0.904. The first-order valence-electron chi connectivity index (χ1n) is 7.20. The van der Waals surface area contributed by atoms with Crippen molar-refractivity contribution >= 4 is 5.91 Å². The lowest BCUT2D eigenvalue weighted by Crippen LogP contribution is -2.44. The van der Waals surface area contributed by atoms with Crippen LogP contribution in [0.25, 0.3) is 0 Å². The zero-order valence-electron chi connectivity index (χ0n) is 11.9. The minimum atomic E-state index is -0.357. The summed E-state index contributed by atoms with van der Waals surface area (Å²) in [6.45, 7) is 5.04. The van der Waals surface area contributed by atoms with E-state index in [4.69, 9.17) is 5.73 Å². The normalized spacial score (nSPS) is 20.8. The highest BCUT2D eigenvalue weighted by Crippen LogP contribution is 2.32. The number of carbonyl (C=O) groups excluding carboxylic acids is 1. The van der Waals surface area contributed by atoms with Crippen molar-refractivity contribution in [1.29, 1.82) is 0 Å². The fraction of sp³-hybridized carbons (Fsp3) is 0.562. The molecule has 3 heteroatoms. The van der Waals surface area contributed by atoms with Gasteiger partial charge in [-0.3, -0.25) is 4.79 Å². The van der Waals surface area contributed by atoms with Gasteiger partial charge < -0.3 is 10.6 Å². The predicted octanol–water partition coefficient (Wildman–Crippen LogP) is 2.72. The van der Waals surface area contributed by atoms with Crippen LogP contribution in [0.2, 0.25) is 0 Å². The third-order valence-electron chi connectivity index (χ3n) is 3.76. The molecule has 1 unspecified atom stereocenters. The second kappa shape index (κ2) is 6.20. The molecule has 2 atom stereocenters. The average molecular weight is 260 g/mol. The molecule has 1 amide bonds. The van der Waals surface area contributed by atoms with Crippen LogP contribution in [0.5, 0.6) is 0 Å². The highest BCUT2D eigenvalue weighted by Gasteiger charge is 2.32. The van der Waals surface area contributed by atoms with Crippen molar-refractivity contribution in [2.75, 3.05) is 6.54 Å². The molecule has 104 valence electrons. The lowest BCUT2D eigenvalue weighted by Gasteiger charge is -2.28. The number of rotatable bonds is 4. The van der Waals surface area contributed by atoms with Gasteiger partial charge in [0.05, 0.1) is 12.1 Å². The third kappa shape index (κ3) is 3.35. The molecule has 0 aliphatic carbocycles. The summed E-state index contributed by atoms with van der Waals surface area (Å²) in [5.41, 5.74) is 7.27. The summed E-state index contributed by atoms with van der Waals surface area (Å²) in [4.78, 5) is 14.4. The molecule has 1 aromatic carbocycles. The molecule has 1 aliphatic rings. The lowest BCUT2D eigenvalue weighted by molar-refractivity contribution is -0.133. The zero-order valence-corrected chi connectivity index (χ0v) is 11.9. The van der Waals surface area contributed by atoms with Crippen molar-refractivity contribution in [3.8, 4) is 0 Å². The lowest BCUT2D eigenvalue weighted by atomic mass is 10.0. The Balaban J connectivity index is 2.08. The second-order valence-corrected chi connectivity index (χ2v) is 5.84. The number of nitrogens with two attached hydrogens (primary N) is 1. The Morgan fingerprint density at radius 1 is 1.37 bits per heavy atom. The fourth-order valence-electron chi connectivity index (χ4n) is 2.87. The van der Waals surface area contributed by atoms with Gasteiger partial charge in [0, 0.05) is 6.54 Å². The van der Waals surface area contributed by atoms with Gasteiger partial charge in [-0.15, -0.1) is 0 Å². The molecular formula is C16H24N2O. The number of carbonyl (C=O) groups is 1. The van der Waals surface area contributed by atoms with Crippen LogP contribution in [0, 0.1) is 5.92 Å². The Morgan fingerprint density at radius 3 is 2.68 bits per heavy atom. The highest BCUT2D eigenvalue weighted by atomic mass is 16.2. The summed E-state index contributed by atoms with van der Waals surface area (Å²) in [5, 5.41) is 0. The maximum Gasteiger partial charge on any atom is 0.240 e. The first kappa shape index (κ1) is 14.1. The van der Waals surface area contributed by atoms with Crippen LogP contribution < -0.4 is 5.73 Å². The number of amides is 1. The molecule has 1 saturated heterocycles. The molecule has 2 N–H and O–H groups in total. The number of hydrogen-bond donors (Lipinski definition) is 1. The van der Waals surface area contributed by atoms with Crippen LogP contribution >= 0.6 is 0 Å². The summed E-state index contributed by atoms with van der Waals surface area (Å²) in [6, 6.07) is 10.1. The van der Waals surface area contributed by atoms with E-state index in [-0.39, 0.29) is 18.0 Å². The standard InChI is InChI=1S/C16H24N2O/c1-12(2)11-14(17)16(19)18-10-6-9-15(18)13-7-4-3-5-8-13/h3-5,7-8,12,14-15H,6,9-11,17H2,1-2H3/t14-,15?/m0/s1. The number of nitrogens with zero attached hydrogens (tertiary/aromatic N) is 1. The van der Waals surface area contributed by atoms with Crippen molar-refractivity contribution < 1.29 is 4.79 Å². The summed E-state index contributed by atoms with van der Waals surface area (Å²) >= 11 is 0. The van der Waals surface area contributed by atoms with Gasteiger partial charge in [-0.1, -0.05) is 44.2 Å². The van der Waals surface area contributed by atoms with Crippen molar-refractivity contribution in [3.05, 3.63) is 35.9 Å². The van der Waals surface area contributed by atoms with E-state index in [1.807, 2.05) is 23.1 Å². The molecule has 1 fully saturated rings. The van der Waals surface area contributed by atoms with Gasteiger partial charge in [0.1, 0.15) is 0 Å². The van der Waals surface area contributed by atoms with Crippen LogP contribution in [-0.4, -0.2) is 23.4 Å². The minimum absolute atomic E-state index is 0.111. The zero-order chi connectivity index (χ0) is 13.8. The third-order valence-corrected chi connectivity index (χ3v) is 3.76. The molecule has 1 aliphatic heterocycles. The Labute approximate surface area is 115 Å². The summed E-state index contributed by atoms with van der Waals surface area (Å²) in [6.07, 6.45) is 2.88. The first-order chi connectivity index (χ1) is 9.09. The SMILES string of the molecule is CC(C)C[C@H](N)C(=O)N1CCCC1c1ccccc1. The molecule has 1 heterocycles. The number of benzene rings is 1. The molecule has 19 heavy (non-hydrogen) atoms. The van der Waals surface area contributed by atoms with Crippen LogP contribution in [0.3, 0.4) is 0 Å². The van der Waals surface area contributed by atoms with Crippen molar-refractivity contribution in [1.82, 2.24) is 4.90 Å². The molecule has 0 radical (unpaired) electrons. The molecule has 0 aromatic heterocycles. The van der Waals surface area contributed by atoms with Crippen molar-refractivity contribution in [2.45, 2.75) is 45.2 Å². The van der Waals surface area contributed by atoms with Gasteiger partial charge in [-0.2, -0.15) is 0 Å². The van der Waals surface area contributed by atoms with Crippen LogP contribution in [0.1, 0.15) is 44.7 Å². The molecule has 1 aromatic rings. The van der Waals surface area contributed by atoms with Crippen LogP contribution in [-0.2, 0) is 4.79 Å². The Hall–Kier alpha value is -1.35. The smallest absolute Gasteiger partial charge is 0.240 e. The monoisotopic (exact) mass is 260 g/mol. The maximum atomic E-state index is 12.5. The van der Waals surface area contributed by atoms with E-state index < -0.39 is 0 Å². The summed E-state index contributed by atoms with van der Waals surface area (Å²) in [5.74, 6) is 0.566. The Bertz CT molecular complexity index is 416. The predicted molar refractivity (Wildman–Crippen MR) is 77.6 cm³/mol. The van der Waals surface area contributed by atoms with Gasteiger partial charge >= 0.3 is 0 Å². The topological polar surface area (TPSA) is 46.3 Å². The van der Waals surface area contributed by atoms with E-state index in [0.29, 0.717) is 5.92 Å². The van der Waals surface area contributed by atoms with Gasteiger partial charge in [0.15, 0.2) is 0 Å². The van der Waals surface area contributed by atoms with Gasteiger partial charge in [-0.25, -0.2) is 0 Å². The van der Waals surface area contributed by atoms with Crippen LogP contribution in [0.15, 0.2) is 30.3 Å².